The van der Waals surface area contributed by atoms with Gasteiger partial charge in [-0.05, 0) is 43.7 Å². The van der Waals surface area contributed by atoms with Crippen LogP contribution in [-0.4, -0.2) is 34.3 Å². The Morgan fingerprint density at radius 3 is 2.70 bits per heavy atom. The Balaban J connectivity index is 1.36. The molecule has 0 unspecified atom stereocenters. The van der Waals surface area contributed by atoms with Crippen molar-refractivity contribution in [2.45, 2.75) is 20.6 Å². The van der Waals surface area contributed by atoms with Gasteiger partial charge in [-0.1, -0.05) is 29.3 Å². The molecule has 11 heteroatoms. The molecule has 0 aliphatic carbocycles. The van der Waals surface area contributed by atoms with Crippen LogP contribution in [0.1, 0.15) is 11.3 Å². The first-order chi connectivity index (χ1) is 16.0. The van der Waals surface area contributed by atoms with E-state index < -0.39 is 0 Å². The van der Waals surface area contributed by atoms with Gasteiger partial charge in [0, 0.05) is 17.3 Å². The predicted molar refractivity (Wildman–Crippen MR) is 129 cm³/mol. The van der Waals surface area contributed by atoms with Gasteiger partial charge in [0.05, 0.1) is 15.6 Å². The van der Waals surface area contributed by atoms with Gasteiger partial charge >= 0.3 is 0 Å². The van der Waals surface area contributed by atoms with Gasteiger partial charge in [-0.15, -0.1) is 16.4 Å². The third-order valence-corrected chi connectivity index (χ3v) is 6.89. The molecule has 0 amide bonds. The third-order valence-electron chi connectivity index (χ3n) is 5.22. The topological polar surface area (TPSA) is 83.0 Å². The first kappa shape index (κ1) is 20.3. The summed E-state index contributed by atoms with van der Waals surface area (Å²) in [5.74, 6) is 0.915. The fourth-order valence-corrected chi connectivity index (χ4v) is 5.51. The molecule has 0 aliphatic rings. The number of rotatable bonds is 4. The Labute approximate surface area is 201 Å². The van der Waals surface area contributed by atoms with Gasteiger partial charge in [0.25, 0.3) is 0 Å². The normalized spacial score (nSPS) is 11.8. The SMILES string of the molecule is Cc1cc(C)c2c(n1)sc1c2ncn2nc(-c3ccn(COc4c(Cl)cccc4Cl)n3)nc12. The molecule has 0 aliphatic heterocycles. The molecular formula is C22H15Cl2N7OS. The molecule has 0 saturated carbocycles. The molecule has 5 aromatic heterocycles. The number of thiophene rings is 1. The minimum atomic E-state index is 0.142. The van der Waals surface area contributed by atoms with E-state index in [1.165, 1.54) is 0 Å². The molecule has 6 rings (SSSR count). The van der Waals surface area contributed by atoms with Gasteiger partial charge in [0.15, 0.2) is 18.1 Å². The Bertz CT molecular complexity index is 1670. The molecule has 33 heavy (non-hydrogen) atoms. The highest BCUT2D eigenvalue weighted by Gasteiger charge is 2.18. The Hall–Kier alpha value is -3.27. The first-order valence-electron chi connectivity index (χ1n) is 10.0. The molecule has 6 aromatic rings. The van der Waals surface area contributed by atoms with Crippen molar-refractivity contribution in [3.63, 3.8) is 0 Å². The van der Waals surface area contributed by atoms with E-state index in [1.54, 1.807) is 51.3 Å². The lowest BCUT2D eigenvalue weighted by atomic mass is 10.1. The largest absolute Gasteiger partial charge is 0.468 e. The lowest BCUT2D eigenvalue weighted by molar-refractivity contribution is 0.221. The second-order valence-electron chi connectivity index (χ2n) is 7.55. The number of nitrogens with zero attached hydrogens (tertiary/aromatic N) is 7. The minimum absolute atomic E-state index is 0.142. The smallest absolute Gasteiger partial charge is 0.202 e. The molecule has 0 bridgehead atoms. The summed E-state index contributed by atoms with van der Waals surface area (Å²) >= 11 is 13.9. The quantitative estimate of drug-likeness (QED) is 0.311. The summed E-state index contributed by atoms with van der Waals surface area (Å²) in [4.78, 5) is 15.0. The summed E-state index contributed by atoms with van der Waals surface area (Å²) in [6, 6.07) is 9.11. The summed E-state index contributed by atoms with van der Waals surface area (Å²) in [6.07, 6.45) is 3.47. The van der Waals surface area contributed by atoms with Gasteiger partial charge in [-0.3, -0.25) is 0 Å². The summed E-state index contributed by atoms with van der Waals surface area (Å²) in [5, 5.41) is 11.1. The number of aromatic nitrogens is 7. The summed E-state index contributed by atoms with van der Waals surface area (Å²) < 4.78 is 10.0. The van der Waals surface area contributed by atoms with E-state index in [9.17, 15) is 0 Å². The standard InChI is InChI=1S/C22H15Cl2N7OS/c1-11-8-12(2)26-22-16(11)17-19(33-22)21-27-20(29-31(21)9-25-17)15-6-7-30(28-15)10-32-18-13(23)4-3-5-14(18)24/h3-9H,10H2,1-2H3. The highest BCUT2D eigenvalue weighted by Crippen LogP contribution is 2.36. The Kier molecular flexibility index (Phi) is 4.72. The fraction of sp³-hybridized carbons (Fsp3) is 0.136. The van der Waals surface area contributed by atoms with Crippen LogP contribution in [0.5, 0.6) is 5.75 Å². The zero-order valence-electron chi connectivity index (χ0n) is 17.5. The zero-order valence-corrected chi connectivity index (χ0v) is 19.8. The fourth-order valence-electron chi connectivity index (χ4n) is 3.78. The lowest BCUT2D eigenvalue weighted by Crippen LogP contribution is -2.06. The van der Waals surface area contributed by atoms with Gasteiger partial charge < -0.3 is 4.74 Å². The molecule has 0 spiro atoms. The van der Waals surface area contributed by atoms with Crippen molar-refractivity contribution in [2.24, 2.45) is 0 Å². The van der Waals surface area contributed by atoms with E-state index in [0.29, 0.717) is 27.3 Å². The number of ether oxygens (including phenoxy) is 1. The molecule has 164 valence electrons. The predicted octanol–water partition coefficient (Wildman–Crippen LogP) is 5.71. The molecule has 8 nitrogen and oxygen atoms in total. The maximum Gasteiger partial charge on any atom is 0.202 e. The molecule has 0 saturated heterocycles. The van der Waals surface area contributed by atoms with Crippen molar-refractivity contribution < 1.29 is 4.74 Å². The molecule has 0 N–H and O–H groups in total. The Morgan fingerprint density at radius 1 is 1.06 bits per heavy atom. The molecule has 0 fully saturated rings. The van der Waals surface area contributed by atoms with Crippen molar-refractivity contribution in [3.8, 4) is 17.3 Å². The van der Waals surface area contributed by atoms with Gasteiger partial charge in [0.2, 0.25) is 5.82 Å². The molecule has 0 radical (unpaired) electrons. The van der Waals surface area contributed by atoms with Crippen LogP contribution < -0.4 is 4.74 Å². The Morgan fingerprint density at radius 2 is 1.88 bits per heavy atom. The van der Waals surface area contributed by atoms with Crippen LogP contribution in [0.15, 0.2) is 42.9 Å². The average Bonchev–Trinajstić information content (AvgIpc) is 3.48. The first-order valence-corrected chi connectivity index (χ1v) is 11.6. The maximum atomic E-state index is 6.17. The van der Waals surface area contributed by atoms with E-state index in [2.05, 4.69) is 33.2 Å². The number of para-hydroxylation sites is 1. The molecule has 0 atom stereocenters. The number of pyridine rings is 1. The minimum Gasteiger partial charge on any atom is -0.468 e. The maximum absolute atomic E-state index is 6.17. The molecule has 5 heterocycles. The van der Waals surface area contributed by atoms with Gasteiger partial charge in [-0.25, -0.2) is 24.1 Å². The number of hydrogen-bond donors (Lipinski definition) is 0. The van der Waals surface area contributed by atoms with Crippen molar-refractivity contribution in [1.29, 1.82) is 0 Å². The van der Waals surface area contributed by atoms with Crippen LogP contribution >= 0.6 is 34.5 Å². The number of aryl methyl sites for hydroxylation is 2. The lowest BCUT2D eigenvalue weighted by Gasteiger charge is -2.09. The van der Waals surface area contributed by atoms with Crippen molar-refractivity contribution in [2.75, 3.05) is 0 Å². The monoisotopic (exact) mass is 495 g/mol. The van der Waals surface area contributed by atoms with Gasteiger partial charge in [0.1, 0.15) is 21.6 Å². The molecular weight excluding hydrogens is 481 g/mol. The van der Waals surface area contributed by atoms with E-state index in [1.807, 2.05) is 13.0 Å². The molecule has 1 aromatic carbocycles. The summed E-state index contributed by atoms with van der Waals surface area (Å²) in [6.45, 7) is 4.22. The number of fused-ring (bicyclic) bond motifs is 5. The van der Waals surface area contributed by atoms with Crippen molar-refractivity contribution >= 4 is 60.6 Å². The van der Waals surface area contributed by atoms with Crippen LogP contribution in [0.4, 0.5) is 0 Å². The van der Waals surface area contributed by atoms with Crippen molar-refractivity contribution in [3.05, 3.63) is 64.2 Å². The second-order valence-corrected chi connectivity index (χ2v) is 9.37. The summed E-state index contributed by atoms with van der Waals surface area (Å²) in [7, 11) is 0. The van der Waals surface area contributed by atoms with Crippen LogP contribution in [0.25, 0.3) is 37.6 Å². The summed E-state index contributed by atoms with van der Waals surface area (Å²) in [5.41, 5.74) is 4.37. The van der Waals surface area contributed by atoms with Crippen LogP contribution in [0.3, 0.4) is 0 Å². The van der Waals surface area contributed by atoms with Crippen LogP contribution in [0.2, 0.25) is 10.0 Å². The third kappa shape index (κ3) is 3.40. The van der Waals surface area contributed by atoms with Crippen molar-refractivity contribution in [1.82, 2.24) is 34.3 Å². The van der Waals surface area contributed by atoms with Crippen LogP contribution in [0, 0.1) is 13.8 Å². The number of benzene rings is 1. The van der Waals surface area contributed by atoms with E-state index in [0.717, 1.165) is 37.3 Å². The second kappa shape index (κ2) is 7.65. The van der Waals surface area contributed by atoms with E-state index in [-0.39, 0.29) is 6.73 Å². The number of halogens is 2. The van der Waals surface area contributed by atoms with E-state index in [4.69, 9.17) is 32.9 Å². The zero-order chi connectivity index (χ0) is 22.7. The number of hydrogen-bond acceptors (Lipinski definition) is 7. The van der Waals surface area contributed by atoms with Gasteiger partial charge in [-0.2, -0.15) is 5.10 Å². The van der Waals surface area contributed by atoms with Crippen LogP contribution in [-0.2, 0) is 6.73 Å². The van der Waals surface area contributed by atoms with E-state index >= 15 is 0 Å². The highest BCUT2D eigenvalue weighted by atomic mass is 35.5. The average molecular weight is 496 g/mol. The highest BCUT2D eigenvalue weighted by molar-refractivity contribution is 7.26.